The Morgan fingerprint density at radius 3 is 2.84 bits per heavy atom. The Balaban J connectivity index is 2.09. The molecule has 19 heavy (non-hydrogen) atoms. The predicted octanol–water partition coefficient (Wildman–Crippen LogP) is 4.46. The lowest BCUT2D eigenvalue weighted by atomic mass is 9.82. The Morgan fingerprint density at radius 1 is 1.37 bits per heavy atom. The minimum atomic E-state index is 0.0733. The van der Waals surface area contributed by atoms with E-state index >= 15 is 0 Å². The quantitative estimate of drug-likeness (QED) is 0.874. The zero-order valence-corrected chi connectivity index (χ0v) is 13.3. The lowest BCUT2D eigenvalue weighted by molar-refractivity contribution is 0.0904. The number of rotatable bonds is 3. The number of carbonyl (C=O) groups is 1. The van der Waals surface area contributed by atoms with E-state index in [2.05, 4.69) is 28.2 Å². The summed E-state index contributed by atoms with van der Waals surface area (Å²) in [5.41, 5.74) is 1.80. The number of hydrogen-bond donors (Lipinski definition) is 1. The van der Waals surface area contributed by atoms with Crippen molar-refractivity contribution in [2.45, 2.75) is 52.0 Å². The molecule has 0 aromatic heterocycles. The van der Waals surface area contributed by atoms with Crippen LogP contribution in [0.25, 0.3) is 0 Å². The number of halogens is 1. The molecule has 0 spiro atoms. The predicted molar refractivity (Wildman–Crippen MR) is 82.4 cm³/mol. The summed E-state index contributed by atoms with van der Waals surface area (Å²) in [5.74, 6) is 0.717. The van der Waals surface area contributed by atoms with Crippen LogP contribution >= 0.6 is 15.9 Å². The first-order valence-corrected chi connectivity index (χ1v) is 7.98. The Hall–Kier alpha value is -0.830. The van der Waals surface area contributed by atoms with Crippen LogP contribution in [-0.4, -0.2) is 11.9 Å². The van der Waals surface area contributed by atoms with Crippen molar-refractivity contribution in [3.05, 3.63) is 33.8 Å². The first kappa shape index (κ1) is 14.6. The average molecular weight is 324 g/mol. The van der Waals surface area contributed by atoms with Gasteiger partial charge in [0.1, 0.15) is 0 Å². The van der Waals surface area contributed by atoms with Crippen molar-refractivity contribution >= 4 is 21.8 Å². The minimum Gasteiger partial charge on any atom is -0.349 e. The van der Waals surface area contributed by atoms with Crippen LogP contribution in [0, 0.1) is 12.8 Å². The SMILES string of the molecule is CCC1CCCCC1NC(=O)c1cccc(Br)c1C. The van der Waals surface area contributed by atoms with Crippen LogP contribution in [0.4, 0.5) is 0 Å². The molecule has 1 amide bonds. The maximum Gasteiger partial charge on any atom is 0.251 e. The highest BCUT2D eigenvalue weighted by atomic mass is 79.9. The van der Waals surface area contributed by atoms with Gasteiger partial charge in [-0.25, -0.2) is 0 Å². The van der Waals surface area contributed by atoms with Crippen molar-refractivity contribution in [1.82, 2.24) is 5.32 Å². The van der Waals surface area contributed by atoms with E-state index in [1.54, 1.807) is 0 Å². The summed E-state index contributed by atoms with van der Waals surface area (Å²) < 4.78 is 0.996. The molecule has 2 nitrogen and oxygen atoms in total. The second-order valence-corrected chi connectivity index (χ2v) is 6.30. The van der Waals surface area contributed by atoms with E-state index in [1.165, 1.54) is 19.3 Å². The molecule has 2 atom stereocenters. The third-order valence-electron chi connectivity index (χ3n) is 4.26. The third kappa shape index (κ3) is 3.38. The zero-order valence-electron chi connectivity index (χ0n) is 11.7. The molecule has 104 valence electrons. The molecule has 1 saturated carbocycles. The summed E-state index contributed by atoms with van der Waals surface area (Å²) >= 11 is 3.49. The van der Waals surface area contributed by atoms with Gasteiger partial charge in [-0.2, -0.15) is 0 Å². The van der Waals surface area contributed by atoms with Gasteiger partial charge < -0.3 is 5.32 Å². The highest BCUT2D eigenvalue weighted by Crippen LogP contribution is 2.27. The van der Waals surface area contributed by atoms with Crippen LogP contribution in [0.2, 0.25) is 0 Å². The largest absolute Gasteiger partial charge is 0.349 e. The van der Waals surface area contributed by atoms with Crippen molar-refractivity contribution in [2.75, 3.05) is 0 Å². The highest BCUT2D eigenvalue weighted by Gasteiger charge is 2.25. The molecular formula is C16H22BrNO. The lowest BCUT2D eigenvalue weighted by Crippen LogP contribution is -2.42. The third-order valence-corrected chi connectivity index (χ3v) is 5.12. The van der Waals surface area contributed by atoms with E-state index in [4.69, 9.17) is 0 Å². The van der Waals surface area contributed by atoms with Gasteiger partial charge in [0.25, 0.3) is 5.91 Å². The Kier molecular flexibility index (Phi) is 5.03. The monoisotopic (exact) mass is 323 g/mol. The summed E-state index contributed by atoms with van der Waals surface area (Å²) in [4.78, 5) is 12.4. The molecule has 0 radical (unpaired) electrons. The fourth-order valence-electron chi connectivity index (χ4n) is 2.99. The second-order valence-electron chi connectivity index (χ2n) is 5.45. The van der Waals surface area contributed by atoms with Crippen LogP contribution in [-0.2, 0) is 0 Å². The summed E-state index contributed by atoms with van der Waals surface area (Å²) in [6, 6.07) is 6.15. The fraction of sp³-hybridized carbons (Fsp3) is 0.562. The van der Waals surface area contributed by atoms with Gasteiger partial charge >= 0.3 is 0 Å². The highest BCUT2D eigenvalue weighted by molar-refractivity contribution is 9.10. The first-order chi connectivity index (χ1) is 9.13. The van der Waals surface area contributed by atoms with Crippen molar-refractivity contribution in [1.29, 1.82) is 0 Å². The van der Waals surface area contributed by atoms with E-state index < -0.39 is 0 Å². The van der Waals surface area contributed by atoms with E-state index in [0.717, 1.165) is 28.4 Å². The lowest BCUT2D eigenvalue weighted by Gasteiger charge is -2.31. The topological polar surface area (TPSA) is 29.1 Å². The van der Waals surface area contributed by atoms with Gasteiger partial charge in [-0.1, -0.05) is 48.2 Å². The Morgan fingerprint density at radius 2 is 2.11 bits per heavy atom. The number of amides is 1. The van der Waals surface area contributed by atoms with Crippen LogP contribution in [0.1, 0.15) is 54.9 Å². The van der Waals surface area contributed by atoms with Crippen LogP contribution in [0.3, 0.4) is 0 Å². The molecule has 0 bridgehead atoms. The van der Waals surface area contributed by atoms with Gasteiger partial charge in [0.15, 0.2) is 0 Å². The fourth-order valence-corrected chi connectivity index (χ4v) is 3.35. The number of carbonyl (C=O) groups excluding carboxylic acids is 1. The molecular weight excluding hydrogens is 302 g/mol. The Labute approximate surface area is 124 Å². The molecule has 1 aromatic rings. The first-order valence-electron chi connectivity index (χ1n) is 7.19. The molecule has 2 unspecified atom stereocenters. The van der Waals surface area contributed by atoms with Gasteiger partial charge in [-0.15, -0.1) is 0 Å². The molecule has 0 saturated heterocycles. The molecule has 1 aliphatic rings. The zero-order chi connectivity index (χ0) is 13.8. The van der Waals surface area contributed by atoms with Gasteiger partial charge in [-0.3, -0.25) is 4.79 Å². The second kappa shape index (κ2) is 6.56. The summed E-state index contributed by atoms with van der Waals surface area (Å²) in [6.45, 7) is 4.21. The van der Waals surface area contributed by atoms with E-state index in [9.17, 15) is 4.79 Å². The molecule has 1 N–H and O–H groups in total. The molecule has 0 aliphatic heterocycles. The molecule has 2 rings (SSSR count). The van der Waals surface area contributed by atoms with Gasteiger partial charge in [0.2, 0.25) is 0 Å². The van der Waals surface area contributed by atoms with Gasteiger partial charge in [0.05, 0.1) is 0 Å². The number of benzene rings is 1. The Bertz CT molecular complexity index is 458. The van der Waals surface area contributed by atoms with E-state index in [0.29, 0.717) is 12.0 Å². The van der Waals surface area contributed by atoms with Crippen LogP contribution in [0.15, 0.2) is 22.7 Å². The van der Waals surface area contributed by atoms with Gasteiger partial charge in [-0.05, 0) is 43.4 Å². The van der Waals surface area contributed by atoms with Gasteiger partial charge in [0, 0.05) is 16.1 Å². The van der Waals surface area contributed by atoms with Crippen molar-refractivity contribution in [3.63, 3.8) is 0 Å². The van der Waals surface area contributed by atoms with Crippen molar-refractivity contribution < 1.29 is 4.79 Å². The molecule has 1 fully saturated rings. The number of hydrogen-bond acceptors (Lipinski definition) is 1. The molecule has 3 heteroatoms. The van der Waals surface area contributed by atoms with Crippen molar-refractivity contribution in [2.24, 2.45) is 5.92 Å². The number of nitrogens with one attached hydrogen (secondary N) is 1. The maximum atomic E-state index is 12.4. The smallest absolute Gasteiger partial charge is 0.251 e. The maximum absolute atomic E-state index is 12.4. The summed E-state index contributed by atoms with van der Waals surface area (Å²) in [6.07, 6.45) is 6.07. The van der Waals surface area contributed by atoms with Crippen molar-refractivity contribution in [3.8, 4) is 0 Å². The molecule has 1 aliphatic carbocycles. The minimum absolute atomic E-state index is 0.0733. The summed E-state index contributed by atoms with van der Waals surface area (Å²) in [5, 5.41) is 3.24. The van der Waals surface area contributed by atoms with Crippen LogP contribution < -0.4 is 5.32 Å². The van der Waals surface area contributed by atoms with Crippen LogP contribution in [0.5, 0.6) is 0 Å². The molecule has 1 aromatic carbocycles. The normalized spacial score (nSPS) is 23.1. The average Bonchev–Trinajstić information content (AvgIpc) is 2.42. The summed E-state index contributed by atoms with van der Waals surface area (Å²) in [7, 11) is 0. The van der Waals surface area contributed by atoms with E-state index in [1.807, 2.05) is 25.1 Å². The standard InChI is InChI=1S/C16H22BrNO/c1-3-12-7-4-5-10-15(12)18-16(19)13-8-6-9-14(17)11(13)2/h6,8-9,12,15H,3-5,7,10H2,1-2H3,(H,18,19). The molecule has 0 heterocycles. The van der Waals surface area contributed by atoms with E-state index in [-0.39, 0.29) is 5.91 Å².